The molecule has 23 heavy (non-hydrogen) atoms. The second-order valence-electron chi connectivity index (χ2n) is 5.99. The van der Waals surface area contributed by atoms with E-state index >= 15 is 0 Å². The minimum atomic E-state index is -3.41. The first kappa shape index (κ1) is 17.9. The molecular formula is C16H25N3O3S. The van der Waals surface area contributed by atoms with Crippen molar-refractivity contribution < 1.29 is 13.2 Å². The van der Waals surface area contributed by atoms with E-state index in [1.54, 1.807) is 28.6 Å². The first-order valence-corrected chi connectivity index (χ1v) is 9.46. The zero-order chi connectivity index (χ0) is 16.9. The van der Waals surface area contributed by atoms with E-state index in [2.05, 4.69) is 5.32 Å². The molecule has 1 atom stereocenters. The van der Waals surface area contributed by atoms with E-state index < -0.39 is 10.0 Å². The quantitative estimate of drug-likeness (QED) is 0.804. The molecule has 1 heterocycles. The van der Waals surface area contributed by atoms with Crippen LogP contribution in [0.5, 0.6) is 0 Å². The molecule has 0 spiro atoms. The molecule has 2 rings (SSSR count). The van der Waals surface area contributed by atoms with Crippen molar-refractivity contribution in [2.75, 3.05) is 19.6 Å². The number of nitrogens with one attached hydrogen (secondary N) is 1. The summed E-state index contributed by atoms with van der Waals surface area (Å²) in [4.78, 5) is 12.1. The predicted molar refractivity (Wildman–Crippen MR) is 89.4 cm³/mol. The summed E-state index contributed by atoms with van der Waals surface area (Å²) in [5, 5.41) is 2.78. The zero-order valence-electron chi connectivity index (χ0n) is 13.5. The van der Waals surface area contributed by atoms with Crippen molar-refractivity contribution in [2.24, 2.45) is 5.73 Å². The van der Waals surface area contributed by atoms with Crippen LogP contribution < -0.4 is 11.1 Å². The summed E-state index contributed by atoms with van der Waals surface area (Å²) < 4.78 is 26.6. The summed E-state index contributed by atoms with van der Waals surface area (Å²) in [6, 6.07) is 6.49. The lowest BCUT2D eigenvalue weighted by Gasteiger charge is -2.25. The average Bonchev–Trinajstić information content (AvgIpc) is 2.56. The second-order valence-corrected chi connectivity index (χ2v) is 7.93. The molecule has 1 saturated heterocycles. The van der Waals surface area contributed by atoms with Crippen LogP contribution in [0.3, 0.4) is 0 Å². The second kappa shape index (κ2) is 7.90. The molecule has 1 amide bonds. The fourth-order valence-corrected chi connectivity index (χ4v) is 4.12. The van der Waals surface area contributed by atoms with E-state index in [1.165, 1.54) is 0 Å². The van der Waals surface area contributed by atoms with Crippen molar-refractivity contribution in [1.82, 2.24) is 9.62 Å². The number of benzene rings is 1. The monoisotopic (exact) mass is 339 g/mol. The first-order valence-electron chi connectivity index (χ1n) is 8.02. The van der Waals surface area contributed by atoms with E-state index in [4.69, 9.17) is 5.73 Å². The molecule has 1 aromatic carbocycles. The van der Waals surface area contributed by atoms with Crippen molar-refractivity contribution in [2.45, 2.75) is 43.5 Å². The maximum absolute atomic E-state index is 12.5. The Morgan fingerprint density at radius 2 is 1.83 bits per heavy atom. The number of carbonyl (C=O) groups excluding carboxylic acids is 1. The summed E-state index contributed by atoms with van der Waals surface area (Å²) in [6.07, 6.45) is 3.13. The molecule has 0 radical (unpaired) electrons. The molecule has 1 fully saturated rings. The molecule has 0 bridgehead atoms. The molecule has 6 nitrogen and oxygen atoms in total. The standard InChI is InChI=1S/C16H25N3O3S/c1-13(12-17)18-16(20)11-14-5-7-15(8-6-14)23(21,22)19-9-3-2-4-10-19/h5-8,13H,2-4,9-12,17H2,1H3,(H,18,20)/t13-/m0/s1. The lowest BCUT2D eigenvalue weighted by atomic mass is 10.1. The van der Waals surface area contributed by atoms with Gasteiger partial charge in [-0.05, 0) is 37.5 Å². The van der Waals surface area contributed by atoms with Gasteiger partial charge in [0.25, 0.3) is 0 Å². The number of sulfonamides is 1. The fraction of sp³-hybridized carbons (Fsp3) is 0.562. The van der Waals surface area contributed by atoms with Gasteiger partial charge in [-0.25, -0.2) is 8.42 Å². The number of nitrogens with zero attached hydrogens (tertiary/aromatic N) is 1. The summed E-state index contributed by atoms with van der Waals surface area (Å²) >= 11 is 0. The topological polar surface area (TPSA) is 92.5 Å². The fourth-order valence-electron chi connectivity index (χ4n) is 2.60. The number of carbonyl (C=O) groups is 1. The predicted octanol–water partition coefficient (Wildman–Crippen LogP) is 0.867. The average molecular weight is 339 g/mol. The third-order valence-electron chi connectivity index (χ3n) is 4.00. The van der Waals surface area contributed by atoms with Crippen molar-refractivity contribution in [3.05, 3.63) is 29.8 Å². The van der Waals surface area contributed by atoms with Crippen LogP contribution in [-0.2, 0) is 21.2 Å². The molecule has 0 aliphatic carbocycles. The number of rotatable bonds is 6. The summed E-state index contributed by atoms with van der Waals surface area (Å²) in [5.74, 6) is -0.116. The van der Waals surface area contributed by atoms with Gasteiger partial charge in [0.1, 0.15) is 0 Å². The van der Waals surface area contributed by atoms with Crippen LogP contribution in [-0.4, -0.2) is 44.3 Å². The van der Waals surface area contributed by atoms with Gasteiger partial charge < -0.3 is 11.1 Å². The molecule has 1 aromatic rings. The highest BCUT2D eigenvalue weighted by molar-refractivity contribution is 7.89. The van der Waals surface area contributed by atoms with E-state index in [1.807, 2.05) is 6.92 Å². The Kier molecular flexibility index (Phi) is 6.15. The third kappa shape index (κ3) is 4.76. The third-order valence-corrected chi connectivity index (χ3v) is 5.91. The van der Waals surface area contributed by atoms with Crippen molar-refractivity contribution in [3.8, 4) is 0 Å². The minimum Gasteiger partial charge on any atom is -0.352 e. The molecule has 0 saturated carbocycles. The van der Waals surface area contributed by atoms with E-state index in [0.717, 1.165) is 24.8 Å². The highest BCUT2D eigenvalue weighted by Gasteiger charge is 2.25. The molecule has 1 aliphatic rings. The molecular weight excluding hydrogens is 314 g/mol. The van der Waals surface area contributed by atoms with Crippen LogP contribution in [0.15, 0.2) is 29.2 Å². The Labute approximate surface area is 138 Å². The Morgan fingerprint density at radius 3 is 2.39 bits per heavy atom. The zero-order valence-corrected chi connectivity index (χ0v) is 14.3. The van der Waals surface area contributed by atoms with Crippen LogP contribution in [0.2, 0.25) is 0 Å². The van der Waals surface area contributed by atoms with Gasteiger partial charge in [0, 0.05) is 25.7 Å². The van der Waals surface area contributed by atoms with Gasteiger partial charge in [-0.3, -0.25) is 4.79 Å². The smallest absolute Gasteiger partial charge is 0.243 e. The number of nitrogens with two attached hydrogens (primary N) is 1. The van der Waals surface area contributed by atoms with Crippen LogP contribution in [0.25, 0.3) is 0 Å². The summed E-state index contributed by atoms with van der Waals surface area (Å²) in [6.45, 7) is 3.40. The molecule has 7 heteroatoms. The van der Waals surface area contributed by atoms with E-state index in [9.17, 15) is 13.2 Å². The van der Waals surface area contributed by atoms with Crippen molar-refractivity contribution in [1.29, 1.82) is 0 Å². The number of amides is 1. The number of hydrogen-bond acceptors (Lipinski definition) is 4. The molecule has 0 unspecified atom stereocenters. The van der Waals surface area contributed by atoms with Crippen molar-refractivity contribution >= 4 is 15.9 Å². The van der Waals surface area contributed by atoms with Gasteiger partial charge in [-0.2, -0.15) is 4.31 Å². The molecule has 128 valence electrons. The highest BCUT2D eigenvalue weighted by Crippen LogP contribution is 2.20. The Balaban J connectivity index is 2.02. The van der Waals surface area contributed by atoms with Crippen LogP contribution in [0.1, 0.15) is 31.7 Å². The SMILES string of the molecule is C[C@@H](CN)NC(=O)Cc1ccc(S(=O)(=O)N2CCCCC2)cc1. The number of hydrogen-bond donors (Lipinski definition) is 2. The van der Waals surface area contributed by atoms with Crippen LogP contribution >= 0.6 is 0 Å². The van der Waals surface area contributed by atoms with Crippen LogP contribution in [0.4, 0.5) is 0 Å². The molecule has 1 aliphatic heterocycles. The first-order chi connectivity index (χ1) is 10.9. The normalized spacial score (nSPS) is 17.7. The largest absolute Gasteiger partial charge is 0.352 e. The van der Waals surface area contributed by atoms with Gasteiger partial charge in [0.05, 0.1) is 11.3 Å². The molecule has 3 N–H and O–H groups in total. The lowest BCUT2D eigenvalue weighted by Crippen LogP contribution is -2.38. The molecule has 0 aromatic heterocycles. The van der Waals surface area contributed by atoms with Crippen molar-refractivity contribution in [3.63, 3.8) is 0 Å². The van der Waals surface area contributed by atoms with Gasteiger partial charge in [0.2, 0.25) is 15.9 Å². The lowest BCUT2D eigenvalue weighted by molar-refractivity contribution is -0.120. The summed E-state index contributed by atoms with van der Waals surface area (Å²) in [5.41, 5.74) is 6.25. The highest BCUT2D eigenvalue weighted by atomic mass is 32.2. The summed E-state index contributed by atoms with van der Waals surface area (Å²) in [7, 11) is -3.41. The van der Waals surface area contributed by atoms with E-state index in [-0.39, 0.29) is 18.4 Å². The van der Waals surface area contributed by atoms with Gasteiger partial charge in [0.15, 0.2) is 0 Å². The minimum absolute atomic E-state index is 0.0683. The van der Waals surface area contributed by atoms with E-state index in [0.29, 0.717) is 24.5 Å². The Bertz CT molecular complexity index is 622. The Hall–Kier alpha value is -1.44. The maximum Gasteiger partial charge on any atom is 0.243 e. The van der Waals surface area contributed by atoms with Gasteiger partial charge in [-0.1, -0.05) is 18.6 Å². The number of piperidine rings is 1. The van der Waals surface area contributed by atoms with Gasteiger partial charge in [-0.15, -0.1) is 0 Å². The van der Waals surface area contributed by atoms with Gasteiger partial charge >= 0.3 is 0 Å². The Morgan fingerprint density at radius 1 is 1.22 bits per heavy atom. The van der Waals surface area contributed by atoms with Crippen LogP contribution in [0, 0.1) is 0 Å². The maximum atomic E-state index is 12.5.